The van der Waals surface area contributed by atoms with Crippen molar-refractivity contribution in [2.75, 3.05) is 12.4 Å². The maximum atomic E-state index is 11.7. The molecule has 92 valence electrons. The van der Waals surface area contributed by atoms with E-state index in [1.54, 1.807) is 4.90 Å². The van der Waals surface area contributed by atoms with Gasteiger partial charge in [-0.05, 0) is 25.7 Å². The van der Waals surface area contributed by atoms with E-state index in [1.165, 1.54) is 0 Å². The van der Waals surface area contributed by atoms with Crippen molar-refractivity contribution < 1.29 is 9.32 Å². The van der Waals surface area contributed by atoms with E-state index >= 15 is 0 Å². The molecule has 1 amide bonds. The van der Waals surface area contributed by atoms with Crippen molar-refractivity contribution in [3.8, 4) is 0 Å². The predicted octanol–water partition coefficient (Wildman–Crippen LogP) is 1.85. The fraction of sp³-hybridized carbons (Fsp3) is 0.727. The molecule has 0 radical (unpaired) electrons. The van der Waals surface area contributed by atoms with Gasteiger partial charge in [-0.25, -0.2) is 0 Å². The second kappa shape index (κ2) is 4.29. The van der Waals surface area contributed by atoms with Crippen molar-refractivity contribution in [1.29, 1.82) is 0 Å². The second-order valence-electron chi connectivity index (χ2n) is 4.64. The maximum Gasteiger partial charge on any atom is 0.249 e. The van der Waals surface area contributed by atoms with Gasteiger partial charge in [0, 0.05) is 12.5 Å². The molecule has 1 aromatic heterocycles. The molecular formula is C11H14ClN3O2. The molecule has 5 nitrogen and oxygen atoms in total. The van der Waals surface area contributed by atoms with Crippen molar-refractivity contribution >= 4 is 17.5 Å². The minimum absolute atomic E-state index is 0.0140. The zero-order valence-electron chi connectivity index (χ0n) is 9.43. The molecule has 0 aromatic carbocycles. The summed E-state index contributed by atoms with van der Waals surface area (Å²) in [6, 6.07) is -0.0683. The van der Waals surface area contributed by atoms with Crippen molar-refractivity contribution in [1.82, 2.24) is 15.0 Å². The molecule has 0 N–H and O–H groups in total. The highest BCUT2D eigenvalue weighted by atomic mass is 35.5. The van der Waals surface area contributed by atoms with Gasteiger partial charge >= 0.3 is 0 Å². The first-order chi connectivity index (χ1) is 8.29. The van der Waals surface area contributed by atoms with Crippen LogP contribution in [0.3, 0.4) is 0 Å². The largest absolute Gasteiger partial charge is 0.337 e. The number of rotatable bonds is 3. The van der Waals surface area contributed by atoms with Crippen molar-refractivity contribution in [2.24, 2.45) is 0 Å². The zero-order chi connectivity index (χ0) is 11.8. The molecule has 2 heterocycles. The van der Waals surface area contributed by atoms with Crippen molar-refractivity contribution in [3.63, 3.8) is 0 Å². The normalized spacial score (nSPS) is 24.3. The first-order valence-electron chi connectivity index (χ1n) is 5.98. The van der Waals surface area contributed by atoms with Crippen LogP contribution in [-0.2, 0) is 4.79 Å². The van der Waals surface area contributed by atoms with Gasteiger partial charge in [0.25, 0.3) is 0 Å². The van der Waals surface area contributed by atoms with E-state index in [0.29, 0.717) is 11.8 Å². The van der Waals surface area contributed by atoms with E-state index in [2.05, 4.69) is 10.1 Å². The number of alkyl halides is 1. The lowest BCUT2D eigenvalue weighted by Gasteiger charge is -2.20. The lowest BCUT2D eigenvalue weighted by atomic mass is 10.2. The van der Waals surface area contributed by atoms with Crippen LogP contribution in [0.4, 0.5) is 0 Å². The van der Waals surface area contributed by atoms with Gasteiger partial charge in [0.2, 0.25) is 11.8 Å². The standard InChI is InChI=1S/C11H14ClN3O2/c12-6-9(16)15-5-1-2-8(15)11-13-10(14-17-11)7-3-4-7/h7-8H,1-6H2. The molecule has 1 saturated heterocycles. The van der Waals surface area contributed by atoms with Crippen molar-refractivity contribution in [2.45, 2.75) is 37.6 Å². The zero-order valence-corrected chi connectivity index (χ0v) is 10.2. The van der Waals surface area contributed by atoms with Crippen LogP contribution < -0.4 is 0 Å². The molecule has 6 heteroatoms. The van der Waals surface area contributed by atoms with Crippen LogP contribution in [0.1, 0.15) is 49.4 Å². The van der Waals surface area contributed by atoms with Gasteiger partial charge in [0.1, 0.15) is 11.9 Å². The number of hydrogen-bond donors (Lipinski definition) is 0. The first-order valence-corrected chi connectivity index (χ1v) is 6.52. The third-order valence-electron chi connectivity index (χ3n) is 3.37. The monoisotopic (exact) mass is 255 g/mol. The van der Waals surface area contributed by atoms with Crippen LogP contribution in [0.15, 0.2) is 4.52 Å². The Bertz CT molecular complexity index is 430. The fourth-order valence-corrected chi connectivity index (χ4v) is 2.44. The Labute approximate surface area is 104 Å². The molecule has 1 saturated carbocycles. The SMILES string of the molecule is O=C(CCl)N1CCCC1c1nc(C2CC2)no1. The molecule has 1 unspecified atom stereocenters. The Morgan fingerprint density at radius 3 is 3.00 bits per heavy atom. The Morgan fingerprint density at radius 1 is 1.47 bits per heavy atom. The first kappa shape index (κ1) is 11.0. The maximum absolute atomic E-state index is 11.7. The summed E-state index contributed by atoms with van der Waals surface area (Å²) in [6.45, 7) is 0.733. The van der Waals surface area contributed by atoms with Crippen LogP contribution in [0.5, 0.6) is 0 Å². The Balaban J connectivity index is 1.78. The van der Waals surface area contributed by atoms with Crippen LogP contribution in [0, 0.1) is 0 Å². The highest BCUT2D eigenvalue weighted by molar-refractivity contribution is 6.27. The number of carbonyl (C=O) groups is 1. The number of aromatic nitrogens is 2. The second-order valence-corrected chi connectivity index (χ2v) is 4.91. The number of amides is 1. The summed E-state index contributed by atoms with van der Waals surface area (Å²) in [6.07, 6.45) is 4.14. The summed E-state index contributed by atoms with van der Waals surface area (Å²) in [4.78, 5) is 17.8. The minimum atomic E-state index is -0.0683. The van der Waals surface area contributed by atoms with E-state index in [0.717, 1.165) is 38.1 Å². The van der Waals surface area contributed by atoms with Gasteiger partial charge < -0.3 is 9.42 Å². The van der Waals surface area contributed by atoms with Crippen LogP contribution in [0.25, 0.3) is 0 Å². The molecule has 2 aliphatic rings. The number of carbonyl (C=O) groups excluding carboxylic acids is 1. The van der Waals surface area contributed by atoms with Gasteiger partial charge in [-0.1, -0.05) is 5.16 Å². The van der Waals surface area contributed by atoms with E-state index in [9.17, 15) is 4.79 Å². The van der Waals surface area contributed by atoms with Gasteiger partial charge in [-0.2, -0.15) is 4.98 Å². The molecule has 1 atom stereocenters. The summed E-state index contributed by atoms with van der Waals surface area (Å²) in [5, 5.41) is 3.99. The van der Waals surface area contributed by atoms with Gasteiger partial charge in [0.15, 0.2) is 5.82 Å². The minimum Gasteiger partial charge on any atom is -0.337 e. The summed E-state index contributed by atoms with van der Waals surface area (Å²) in [5.74, 6) is 1.81. The molecule has 0 spiro atoms. The topological polar surface area (TPSA) is 59.2 Å². The molecule has 17 heavy (non-hydrogen) atoms. The Hall–Kier alpha value is -1.10. The van der Waals surface area contributed by atoms with Crippen molar-refractivity contribution in [3.05, 3.63) is 11.7 Å². The summed E-state index contributed by atoms with van der Waals surface area (Å²) in [7, 11) is 0. The smallest absolute Gasteiger partial charge is 0.249 e. The average Bonchev–Trinajstić information content (AvgIpc) is 2.91. The van der Waals surface area contributed by atoms with Crippen LogP contribution in [-0.4, -0.2) is 33.4 Å². The van der Waals surface area contributed by atoms with Crippen LogP contribution >= 0.6 is 11.6 Å². The van der Waals surface area contributed by atoms with Gasteiger partial charge in [0.05, 0.1) is 0 Å². The van der Waals surface area contributed by atoms with E-state index in [-0.39, 0.29) is 17.8 Å². The van der Waals surface area contributed by atoms with Gasteiger partial charge in [-0.3, -0.25) is 4.79 Å². The third-order valence-corrected chi connectivity index (χ3v) is 3.60. The lowest BCUT2D eigenvalue weighted by Crippen LogP contribution is -2.31. The molecule has 1 aliphatic carbocycles. The third kappa shape index (κ3) is 2.04. The Kier molecular flexibility index (Phi) is 2.78. The Morgan fingerprint density at radius 2 is 2.29 bits per heavy atom. The molecule has 3 rings (SSSR count). The van der Waals surface area contributed by atoms with Gasteiger partial charge in [-0.15, -0.1) is 11.6 Å². The quantitative estimate of drug-likeness (QED) is 0.774. The van der Waals surface area contributed by atoms with Crippen LogP contribution in [0.2, 0.25) is 0 Å². The number of likely N-dealkylation sites (tertiary alicyclic amines) is 1. The highest BCUT2D eigenvalue weighted by Gasteiger charge is 2.35. The summed E-state index contributed by atoms with van der Waals surface area (Å²) in [5.41, 5.74) is 0. The van der Waals surface area contributed by atoms with E-state index in [4.69, 9.17) is 16.1 Å². The molecule has 0 bridgehead atoms. The predicted molar refractivity (Wildman–Crippen MR) is 60.7 cm³/mol. The molecule has 1 aliphatic heterocycles. The van der Waals surface area contributed by atoms with E-state index < -0.39 is 0 Å². The average molecular weight is 256 g/mol. The highest BCUT2D eigenvalue weighted by Crippen LogP contribution is 2.39. The number of halogens is 1. The molecular weight excluding hydrogens is 242 g/mol. The number of nitrogens with zero attached hydrogens (tertiary/aromatic N) is 3. The lowest BCUT2D eigenvalue weighted by molar-refractivity contribution is -0.129. The summed E-state index contributed by atoms with van der Waals surface area (Å²) < 4.78 is 5.28. The van der Waals surface area contributed by atoms with E-state index in [1.807, 2.05) is 0 Å². The summed E-state index contributed by atoms with van der Waals surface area (Å²) >= 11 is 5.59. The fourth-order valence-electron chi connectivity index (χ4n) is 2.29. The molecule has 1 aromatic rings. The number of hydrogen-bond acceptors (Lipinski definition) is 4. The molecule has 2 fully saturated rings.